The Kier molecular flexibility index (Phi) is 4.73. The second-order valence-corrected chi connectivity index (χ2v) is 4.29. The van der Waals surface area contributed by atoms with Crippen LogP contribution in [0.2, 0.25) is 0 Å². The van der Waals surface area contributed by atoms with Crippen molar-refractivity contribution in [1.29, 1.82) is 0 Å². The molecule has 0 aromatic heterocycles. The number of carboxylic acid groups (broad SMARTS) is 1. The number of likely N-dealkylation sites (tertiary alicyclic amines) is 1. The van der Waals surface area contributed by atoms with Gasteiger partial charge < -0.3 is 10.4 Å². The average molecular weight is 228 g/mol. The van der Waals surface area contributed by atoms with Gasteiger partial charge in [0.15, 0.2) is 0 Å². The van der Waals surface area contributed by atoms with Gasteiger partial charge in [-0.05, 0) is 25.8 Å². The number of carboxylic acids is 1. The quantitative estimate of drug-likeness (QED) is 0.717. The molecule has 1 amide bonds. The Morgan fingerprint density at radius 3 is 2.75 bits per heavy atom. The van der Waals surface area contributed by atoms with Crippen LogP contribution in [0.1, 0.15) is 33.1 Å². The Balaban J connectivity index is 2.53. The van der Waals surface area contributed by atoms with Crippen LogP contribution >= 0.6 is 0 Å². The summed E-state index contributed by atoms with van der Waals surface area (Å²) in [6.45, 7) is 4.80. The molecule has 5 heteroatoms. The maximum absolute atomic E-state index is 11.0. The van der Waals surface area contributed by atoms with Crippen LogP contribution in [-0.4, -0.2) is 47.1 Å². The van der Waals surface area contributed by atoms with E-state index in [1.807, 2.05) is 0 Å². The van der Waals surface area contributed by atoms with Gasteiger partial charge in [-0.1, -0.05) is 6.92 Å². The third-order valence-corrected chi connectivity index (χ3v) is 3.06. The number of nitrogens with one attached hydrogen (secondary N) is 1. The van der Waals surface area contributed by atoms with E-state index in [1.165, 1.54) is 6.92 Å². The summed E-state index contributed by atoms with van der Waals surface area (Å²) in [5.41, 5.74) is 0. The summed E-state index contributed by atoms with van der Waals surface area (Å²) < 4.78 is 0. The molecule has 1 rings (SSSR count). The second kappa shape index (κ2) is 5.84. The monoisotopic (exact) mass is 228 g/mol. The number of hydrogen-bond donors (Lipinski definition) is 2. The summed E-state index contributed by atoms with van der Waals surface area (Å²) in [6.07, 6.45) is 3.28. The molecule has 1 aliphatic rings. The van der Waals surface area contributed by atoms with Crippen molar-refractivity contribution in [3.05, 3.63) is 0 Å². The molecule has 2 N–H and O–H groups in total. The highest BCUT2D eigenvalue weighted by molar-refractivity contribution is 5.82. The maximum atomic E-state index is 11.0. The van der Waals surface area contributed by atoms with Gasteiger partial charge >= 0.3 is 5.97 Å². The first-order valence-corrected chi connectivity index (χ1v) is 5.78. The topological polar surface area (TPSA) is 69.6 Å². The highest BCUT2D eigenvalue weighted by Crippen LogP contribution is 2.19. The number of hydrogen-bond acceptors (Lipinski definition) is 3. The van der Waals surface area contributed by atoms with Crippen LogP contribution in [0.15, 0.2) is 0 Å². The van der Waals surface area contributed by atoms with Crippen LogP contribution in [0.5, 0.6) is 0 Å². The van der Waals surface area contributed by atoms with Crippen LogP contribution in [0.3, 0.4) is 0 Å². The molecule has 16 heavy (non-hydrogen) atoms. The largest absolute Gasteiger partial charge is 0.480 e. The summed E-state index contributed by atoms with van der Waals surface area (Å²) in [4.78, 5) is 24.0. The van der Waals surface area contributed by atoms with Gasteiger partial charge in [-0.3, -0.25) is 9.69 Å². The van der Waals surface area contributed by atoms with Crippen LogP contribution in [0.25, 0.3) is 0 Å². The maximum Gasteiger partial charge on any atom is 0.327 e. The Morgan fingerprint density at radius 2 is 2.25 bits per heavy atom. The number of rotatable bonds is 5. The van der Waals surface area contributed by atoms with E-state index >= 15 is 0 Å². The third kappa shape index (κ3) is 3.48. The molecule has 0 aliphatic carbocycles. The number of aliphatic carboxylic acids is 1. The summed E-state index contributed by atoms with van der Waals surface area (Å²) in [5, 5.41) is 11.5. The number of nitrogens with zero attached hydrogens (tertiary/aromatic N) is 1. The minimum atomic E-state index is -0.961. The van der Waals surface area contributed by atoms with Crippen molar-refractivity contribution >= 4 is 11.9 Å². The standard InChI is InChI=1S/C11H20N2O3/c1-3-9-5-4-6-13(9)7-10(11(15)16)12-8(2)14/h9-10H,3-7H2,1-2H3,(H,12,14)(H,15,16). The van der Waals surface area contributed by atoms with Gasteiger partial charge in [-0.15, -0.1) is 0 Å². The van der Waals surface area contributed by atoms with Gasteiger partial charge in [0.1, 0.15) is 6.04 Å². The van der Waals surface area contributed by atoms with E-state index in [9.17, 15) is 9.59 Å². The molecule has 0 radical (unpaired) electrons. The van der Waals surface area contributed by atoms with Crippen LogP contribution in [0, 0.1) is 0 Å². The highest BCUT2D eigenvalue weighted by atomic mass is 16.4. The predicted molar refractivity (Wildman–Crippen MR) is 60.1 cm³/mol. The first kappa shape index (κ1) is 13.0. The SMILES string of the molecule is CCC1CCCN1CC(NC(C)=O)C(=O)O. The van der Waals surface area contributed by atoms with Crippen molar-refractivity contribution < 1.29 is 14.7 Å². The molecule has 0 spiro atoms. The first-order valence-electron chi connectivity index (χ1n) is 5.78. The van der Waals surface area contributed by atoms with E-state index in [0.29, 0.717) is 12.6 Å². The van der Waals surface area contributed by atoms with Crippen molar-refractivity contribution in [2.24, 2.45) is 0 Å². The van der Waals surface area contributed by atoms with Crippen molar-refractivity contribution in [3.63, 3.8) is 0 Å². The molecular formula is C11H20N2O3. The van der Waals surface area contributed by atoms with Gasteiger partial charge in [0.2, 0.25) is 5.91 Å². The summed E-state index contributed by atoms with van der Waals surface area (Å²) >= 11 is 0. The van der Waals surface area contributed by atoms with Gasteiger partial charge in [0.25, 0.3) is 0 Å². The lowest BCUT2D eigenvalue weighted by molar-refractivity contribution is -0.142. The molecule has 92 valence electrons. The average Bonchev–Trinajstić information content (AvgIpc) is 2.63. The molecule has 1 fully saturated rings. The third-order valence-electron chi connectivity index (χ3n) is 3.06. The second-order valence-electron chi connectivity index (χ2n) is 4.29. The summed E-state index contributed by atoms with van der Waals surface area (Å²) in [7, 11) is 0. The molecule has 0 bridgehead atoms. The highest BCUT2D eigenvalue weighted by Gasteiger charge is 2.28. The predicted octanol–water partition coefficient (Wildman–Crippen LogP) is 0.450. The number of carbonyl (C=O) groups is 2. The van der Waals surface area contributed by atoms with Gasteiger partial charge in [0.05, 0.1) is 0 Å². The zero-order valence-corrected chi connectivity index (χ0v) is 9.90. The molecule has 0 aromatic carbocycles. The van der Waals surface area contributed by atoms with E-state index in [0.717, 1.165) is 25.8 Å². The van der Waals surface area contributed by atoms with E-state index in [2.05, 4.69) is 17.1 Å². The van der Waals surface area contributed by atoms with Crippen molar-refractivity contribution in [1.82, 2.24) is 10.2 Å². The fourth-order valence-electron chi connectivity index (χ4n) is 2.26. The molecule has 5 nitrogen and oxygen atoms in total. The smallest absolute Gasteiger partial charge is 0.327 e. The van der Waals surface area contributed by atoms with Gasteiger partial charge in [-0.25, -0.2) is 4.79 Å². The number of amides is 1. The summed E-state index contributed by atoms with van der Waals surface area (Å²) in [5.74, 6) is -1.25. The molecular weight excluding hydrogens is 208 g/mol. The van der Waals surface area contributed by atoms with Crippen LogP contribution in [0.4, 0.5) is 0 Å². The van der Waals surface area contributed by atoms with E-state index in [1.54, 1.807) is 0 Å². The molecule has 2 atom stereocenters. The molecule has 1 aliphatic heterocycles. The zero-order valence-electron chi connectivity index (χ0n) is 9.90. The van der Waals surface area contributed by atoms with Crippen molar-refractivity contribution in [2.45, 2.75) is 45.2 Å². The van der Waals surface area contributed by atoms with E-state index in [-0.39, 0.29) is 5.91 Å². The van der Waals surface area contributed by atoms with Gasteiger partial charge in [-0.2, -0.15) is 0 Å². The lowest BCUT2D eigenvalue weighted by atomic mass is 10.1. The molecule has 1 saturated heterocycles. The van der Waals surface area contributed by atoms with Crippen molar-refractivity contribution in [3.8, 4) is 0 Å². The van der Waals surface area contributed by atoms with Crippen molar-refractivity contribution in [2.75, 3.05) is 13.1 Å². The van der Waals surface area contributed by atoms with Gasteiger partial charge in [0, 0.05) is 19.5 Å². The van der Waals surface area contributed by atoms with Crippen LogP contribution < -0.4 is 5.32 Å². The molecule has 0 aromatic rings. The normalized spacial score (nSPS) is 23.0. The Morgan fingerprint density at radius 1 is 1.56 bits per heavy atom. The minimum absolute atomic E-state index is 0.292. The van der Waals surface area contributed by atoms with E-state index < -0.39 is 12.0 Å². The molecule has 2 unspecified atom stereocenters. The minimum Gasteiger partial charge on any atom is -0.480 e. The zero-order chi connectivity index (χ0) is 12.1. The Hall–Kier alpha value is -1.10. The lowest BCUT2D eigenvalue weighted by Crippen LogP contribution is -2.48. The lowest BCUT2D eigenvalue weighted by Gasteiger charge is -2.26. The van der Waals surface area contributed by atoms with Crippen LogP contribution in [-0.2, 0) is 9.59 Å². The Labute approximate surface area is 95.8 Å². The first-order chi connectivity index (χ1) is 7.54. The molecule has 1 heterocycles. The fourth-order valence-corrected chi connectivity index (χ4v) is 2.26. The number of carbonyl (C=O) groups excluding carboxylic acids is 1. The fraction of sp³-hybridized carbons (Fsp3) is 0.818. The summed E-state index contributed by atoms with van der Waals surface area (Å²) in [6, 6.07) is -0.319. The van der Waals surface area contributed by atoms with E-state index in [4.69, 9.17) is 5.11 Å². The molecule has 0 saturated carbocycles. The Bertz CT molecular complexity index is 268.